The van der Waals surface area contributed by atoms with Crippen molar-refractivity contribution in [3.63, 3.8) is 0 Å². The van der Waals surface area contributed by atoms with Crippen LogP contribution in [0.25, 0.3) is 0 Å². The molecule has 1 aliphatic heterocycles. The standard InChI is InChI=1S/C11H14N2O2S2/c1-11(2,8-4-3-5-16-8)13-9(14)7-6-17-10(15)12-7/h3-5,7H,6H2,1-2H3,(H,12,15)(H,13,14). The highest BCUT2D eigenvalue weighted by Crippen LogP contribution is 2.25. The van der Waals surface area contributed by atoms with Gasteiger partial charge in [-0.15, -0.1) is 11.3 Å². The second kappa shape index (κ2) is 4.70. The molecule has 4 nitrogen and oxygen atoms in total. The molecule has 92 valence electrons. The van der Waals surface area contributed by atoms with Crippen molar-refractivity contribution in [3.8, 4) is 0 Å². The van der Waals surface area contributed by atoms with Crippen LogP contribution in [0, 0.1) is 0 Å². The second-order valence-corrected chi connectivity index (χ2v) is 6.33. The smallest absolute Gasteiger partial charge is 0.279 e. The van der Waals surface area contributed by atoms with Crippen molar-refractivity contribution in [1.29, 1.82) is 0 Å². The predicted molar refractivity (Wildman–Crippen MR) is 70.3 cm³/mol. The normalized spacial score (nSPS) is 20.1. The van der Waals surface area contributed by atoms with E-state index in [4.69, 9.17) is 0 Å². The zero-order valence-corrected chi connectivity index (χ0v) is 11.3. The van der Waals surface area contributed by atoms with Gasteiger partial charge in [-0.2, -0.15) is 0 Å². The second-order valence-electron chi connectivity index (χ2n) is 4.39. The summed E-state index contributed by atoms with van der Waals surface area (Å²) in [6, 6.07) is 3.54. The number of rotatable bonds is 3. The van der Waals surface area contributed by atoms with Crippen molar-refractivity contribution in [2.24, 2.45) is 0 Å². The first-order valence-electron chi connectivity index (χ1n) is 5.28. The summed E-state index contributed by atoms with van der Waals surface area (Å²) in [6.45, 7) is 3.92. The molecule has 17 heavy (non-hydrogen) atoms. The van der Waals surface area contributed by atoms with Gasteiger partial charge in [-0.25, -0.2) is 0 Å². The highest BCUT2D eigenvalue weighted by Gasteiger charge is 2.32. The number of hydrogen-bond donors (Lipinski definition) is 2. The summed E-state index contributed by atoms with van der Waals surface area (Å²) in [7, 11) is 0. The monoisotopic (exact) mass is 270 g/mol. The van der Waals surface area contributed by atoms with Crippen molar-refractivity contribution >= 4 is 34.2 Å². The molecule has 1 fully saturated rings. The summed E-state index contributed by atoms with van der Waals surface area (Å²) >= 11 is 2.76. The van der Waals surface area contributed by atoms with E-state index in [0.29, 0.717) is 5.75 Å². The average Bonchev–Trinajstić information content (AvgIpc) is 2.86. The number of carbonyl (C=O) groups is 2. The maximum absolute atomic E-state index is 12.0. The minimum absolute atomic E-state index is 0.123. The zero-order valence-electron chi connectivity index (χ0n) is 9.65. The molecule has 0 aromatic carbocycles. The van der Waals surface area contributed by atoms with Crippen molar-refractivity contribution < 1.29 is 9.59 Å². The lowest BCUT2D eigenvalue weighted by Crippen LogP contribution is -2.49. The molecule has 2 heterocycles. The molecule has 1 unspecified atom stereocenters. The molecule has 0 saturated carbocycles. The lowest BCUT2D eigenvalue weighted by molar-refractivity contribution is -0.123. The first-order valence-corrected chi connectivity index (χ1v) is 7.15. The van der Waals surface area contributed by atoms with Gasteiger partial charge in [0.2, 0.25) is 5.91 Å². The molecule has 1 atom stereocenters. The van der Waals surface area contributed by atoms with E-state index >= 15 is 0 Å². The van der Waals surface area contributed by atoms with E-state index in [-0.39, 0.29) is 11.1 Å². The third-order valence-corrected chi connectivity index (χ3v) is 4.64. The van der Waals surface area contributed by atoms with Gasteiger partial charge in [0.1, 0.15) is 6.04 Å². The van der Waals surface area contributed by atoms with Crippen LogP contribution in [0.5, 0.6) is 0 Å². The quantitative estimate of drug-likeness (QED) is 0.882. The summed E-state index contributed by atoms with van der Waals surface area (Å²) in [6.07, 6.45) is 0. The molecule has 1 aromatic rings. The molecular weight excluding hydrogens is 256 g/mol. The van der Waals surface area contributed by atoms with Crippen molar-refractivity contribution in [2.45, 2.75) is 25.4 Å². The SMILES string of the molecule is CC(C)(NC(=O)C1CSC(=O)N1)c1cccs1. The summed E-state index contributed by atoms with van der Waals surface area (Å²) < 4.78 is 0. The fourth-order valence-corrected chi connectivity index (χ4v) is 3.20. The molecule has 2 N–H and O–H groups in total. The average molecular weight is 270 g/mol. The highest BCUT2D eigenvalue weighted by molar-refractivity contribution is 8.14. The summed E-state index contributed by atoms with van der Waals surface area (Å²) in [4.78, 5) is 24.1. The minimum Gasteiger partial charge on any atom is -0.345 e. The fraction of sp³-hybridized carbons (Fsp3) is 0.455. The van der Waals surface area contributed by atoms with E-state index < -0.39 is 11.6 Å². The van der Waals surface area contributed by atoms with Gasteiger partial charge in [0.05, 0.1) is 5.54 Å². The molecule has 6 heteroatoms. The zero-order chi connectivity index (χ0) is 12.5. The van der Waals surface area contributed by atoms with Crippen LogP contribution >= 0.6 is 23.1 Å². The highest BCUT2D eigenvalue weighted by atomic mass is 32.2. The van der Waals surface area contributed by atoms with Crippen LogP contribution in [0.4, 0.5) is 4.79 Å². The van der Waals surface area contributed by atoms with E-state index in [0.717, 1.165) is 16.6 Å². The number of carbonyl (C=O) groups excluding carboxylic acids is 2. The Hall–Kier alpha value is -1.01. The first kappa shape index (κ1) is 12.4. The molecular formula is C11H14N2O2S2. The molecule has 1 aromatic heterocycles. The maximum atomic E-state index is 12.0. The van der Waals surface area contributed by atoms with Crippen molar-refractivity contribution in [2.75, 3.05) is 5.75 Å². The van der Waals surface area contributed by atoms with E-state index in [2.05, 4.69) is 10.6 Å². The van der Waals surface area contributed by atoms with Crippen molar-refractivity contribution in [3.05, 3.63) is 22.4 Å². The number of amides is 2. The Morgan fingerprint density at radius 1 is 1.59 bits per heavy atom. The van der Waals surface area contributed by atoms with Gasteiger partial charge in [-0.1, -0.05) is 17.8 Å². The predicted octanol–water partition coefficient (Wildman–Crippen LogP) is 1.92. The fourth-order valence-electron chi connectivity index (χ4n) is 1.62. The Morgan fingerprint density at radius 3 is 2.88 bits per heavy atom. The first-order chi connectivity index (χ1) is 7.99. The van der Waals surface area contributed by atoms with Crippen LogP contribution < -0.4 is 10.6 Å². The molecule has 2 amide bonds. The molecule has 2 rings (SSSR count). The van der Waals surface area contributed by atoms with Gasteiger partial charge < -0.3 is 10.6 Å². The Morgan fingerprint density at radius 2 is 2.35 bits per heavy atom. The van der Waals surface area contributed by atoms with Crippen LogP contribution in [0.2, 0.25) is 0 Å². The molecule has 0 aliphatic carbocycles. The van der Waals surface area contributed by atoms with Crippen molar-refractivity contribution in [1.82, 2.24) is 10.6 Å². The van der Waals surface area contributed by atoms with Gasteiger partial charge in [0.15, 0.2) is 0 Å². The van der Waals surface area contributed by atoms with Gasteiger partial charge in [0.25, 0.3) is 5.24 Å². The number of thioether (sulfide) groups is 1. The number of hydrogen-bond acceptors (Lipinski definition) is 4. The lowest BCUT2D eigenvalue weighted by atomic mass is 10.0. The Kier molecular flexibility index (Phi) is 3.44. The molecule has 1 saturated heterocycles. The minimum atomic E-state index is -0.410. The summed E-state index contributed by atoms with van der Waals surface area (Å²) in [5.74, 6) is 0.382. The topological polar surface area (TPSA) is 58.2 Å². The molecule has 0 bridgehead atoms. The van der Waals surface area contributed by atoms with E-state index in [1.165, 1.54) is 0 Å². The molecule has 1 aliphatic rings. The van der Waals surface area contributed by atoms with Crippen LogP contribution in [0.15, 0.2) is 17.5 Å². The van der Waals surface area contributed by atoms with E-state index in [9.17, 15) is 9.59 Å². The van der Waals surface area contributed by atoms with E-state index in [1.807, 2.05) is 31.4 Å². The Balaban J connectivity index is 2.01. The van der Waals surface area contributed by atoms with Crippen LogP contribution in [-0.4, -0.2) is 22.9 Å². The van der Waals surface area contributed by atoms with Gasteiger partial charge >= 0.3 is 0 Å². The van der Waals surface area contributed by atoms with Gasteiger partial charge in [-0.05, 0) is 25.3 Å². The van der Waals surface area contributed by atoms with Crippen LogP contribution in [0.1, 0.15) is 18.7 Å². The summed E-state index contributed by atoms with van der Waals surface area (Å²) in [5.41, 5.74) is -0.400. The third-order valence-electron chi connectivity index (χ3n) is 2.56. The van der Waals surface area contributed by atoms with Crippen LogP contribution in [-0.2, 0) is 10.3 Å². The Bertz CT molecular complexity index is 429. The molecule has 0 spiro atoms. The van der Waals surface area contributed by atoms with Gasteiger partial charge in [-0.3, -0.25) is 9.59 Å². The number of thiophene rings is 1. The van der Waals surface area contributed by atoms with Crippen LogP contribution in [0.3, 0.4) is 0 Å². The Labute approximate surface area is 108 Å². The molecule has 0 radical (unpaired) electrons. The lowest BCUT2D eigenvalue weighted by Gasteiger charge is -2.26. The van der Waals surface area contributed by atoms with E-state index in [1.54, 1.807) is 11.3 Å². The maximum Gasteiger partial charge on any atom is 0.279 e. The largest absolute Gasteiger partial charge is 0.345 e. The summed E-state index contributed by atoms with van der Waals surface area (Å²) in [5, 5.41) is 7.46. The van der Waals surface area contributed by atoms with Gasteiger partial charge in [0, 0.05) is 10.6 Å². The third kappa shape index (κ3) is 2.81. The number of nitrogens with one attached hydrogen (secondary N) is 2.